The Balaban J connectivity index is 1.25. The molecule has 268 valence electrons. The molecule has 4 heterocycles. The number of aromatic nitrogens is 4. The van der Waals surface area contributed by atoms with Crippen LogP contribution in [0.3, 0.4) is 0 Å². The van der Waals surface area contributed by atoms with Crippen molar-refractivity contribution in [3.63, 3.8) is 0 Å². The lowest BCUT2D eigenvalue weighted by Crippen LogP contribution is -2.17. The molecule has 0 bridgehead atoms. The Morgan fingerprint density at radius 1 is 0.518 bits per heavy atom. The Kier molecular flexibility index (Phi) is 8.27. The maximum Gasteiger partial charge on any atom is 0.170 e. The molecule has 1 atom stereocenters. The van der Waals surface area contributed by atoms with Crippen LogP contribution in [-0.2, 0) is 4.57 Å². The van der Waals surface area contributed by atoms with E-state index in [0.717, 1.165) is 117 Å². The van der Waals surface area contributed by atoms with Crippen molar-refractivity contribution in [1.29, 1.82) is 0 Å². The molecule has 0 spiro atoms. The Hall–Kier alpha value is -6.55. The summed E-state index contributed by atoms with van der Waals surface area (Å²) in [7, 11) is -3.12. The maximum atomic E-state index is 15.4. The number of hydrogen-bond acceptors (Lipinski definition) is 5. The normalized spacial score (nSPS) is 14.0. The Bertz CT molecular complexity index is 3120. The minimum atomic E-state index is -3.12. The minimum absolute atomic E-state index is 0.814. The fourth-order valence-electron chi connectivity index (χ4n) is 8.59. The summed E-state index contributed by atoms with van der Waals surface area (Å²) in [6.45, 7) is 4.42. The van der Waals surface area contributed by atoms with Crippen LogP contribution in [0.15, 0.2) is 169 Å². The zero-order valence-electron chi connectivity index (χ0n) is 31.1. The van der Waals surface area contributed by atoms with Crippen LogP contribution >= 0.6 is 7.14 Å². The number of rotatable bonds is 6. The summed E-state index contributed by atoms with van der Waals surface area (Å²) in [6.07, 6.45) is 11.9. The number of allylic oxidation sites excluding steroid dienone is 4. The predicted octanol–water partition coefficient (Wildman–Crippen LogP) is 12.0. The number of para-hydroxylation sites is 1. The van der Waals surface area contributed by atoms with Gasteiger partial charge in [-0.2, -0.15) is 0 Å². The van der Waals surface area contributed by atoms with E-state index >= 15 is 4.57 Å². The van der Waals surface area contributed by atoms with Crippen LogP contribution in [0.1, 0.15) is 24.0 Å². The van der Waals surface area contributed by atoms with Gasteiger partial charge < -0.3 is 4.57 Å². The van der Waals surface area contributed by atoms with Crippen molar-refractivity contribution in [1.82, 2.24) is 19.9 Å². The highest BCUT2D eigenvalue weighted by Gasteiger charge is 2.31. The van der Waals surface area contributed by atoms with Crippen LogP contribution in [0.5, 0.6) is 0 Å². The first-order chi connectivity index (χ1) is 27.5. The molecule has 0 aliphatic heterocycles. The van der Waals surface area contributed by atoms with Crippen LogP contribution in [0, 0.1) is 13.8 Å². The lowest BCUT2D eigenvalue weighted by atomic mass is 9.86. The van der Waals surface area contributed by atoms with Crippen molar-refractivity contribution in [2.24, 2.45) is 0 Å². The van der Waals surface area contributed by atoms with Crippen molar-refractivity contribution in [3.05, 3.63) is 181 Å². The molecule has 10 rings (SSSR count). The standard InChI is InChI=1S/C50H37N4OP/c1-32-45-39-22-9-10-23-41(39)53-49(42-24-11-13-28-51-42)47(45)33(2)46-40-27-26-35(31-44(40)54-50(48(32)46)43-25-12-14-29-52-43)34-16-15-21-38(30-34)56(55,36-17-5-3-6-18-36)37-19-7-4-8-20-37/h3,5-7,9-31H,4,8H2,1-2H3. The zero-order valence-corrected chi connectivity index (χ0v) is 32.0. The van der Waals surface area contributed by atoms with Gasteiger partial charge in [-0.25, -0.2) is 9.97 Å². The first kappa shape index (κ1) is 34.0. The fourth-order valence-corrected chi connectivity index (χ4v) is 11.4. The second kappa shape index (κ2) is 13.6. The number of nitrogens with zero attached hydrogens (tertiary/aromatic N) is 4. The summed E-state index contributed by atoms with van der Waals surface area (Å²) in [5, 5.41) is 9.14. The number of aryl methyl sites for hydroxylation is 2. The highest BCUT2D eigenvalue weighted by molar-refractivity contribution is 7.82. The van der Waals surface area contributed by atoms with Crippen LogP contribution in [0.4, 0.5) is 0 Å². The number of fused-ring (bicyclic) bond motifs is 6. The van der Waals surface area contributed by atoms with E-state index in [0.29, 0.717) is 0 Å². The van der Waals surface area contributed by atoms with Gasteiger partial charge in [-0.3, -0.25) is 9.97 Å². The fraction of sp³-hybridized carbons (Fsp3) is 0.0800. The first-order valence-corrected chi connectivity index (χ1v) is 20.8. The maximum absolute atomic E-state index is 15.4. The van der Waals surface area contributed by atoms with E-state index < -0.39 is 7.14 Å². The van der Waals surface area contributed by atoms with Gasteiger partial charge in [0.25, 0.3) is 0 Å². The summed E-state index contributed by atoms with van der Waals surface area (Å²) in [5.74, 6) is 0. The minimum Gasteiger partial charge on any atom is -0.309 e. The van der Waals surface area contributed by atoms with Crippen LogP contribution < -0.4 is 10.6 Å². The van der Waals surface area contributed by atoms with Gasteiger partial charge in [-0.1, -0.05) is 109 Å². The first-order valence-electron chi connectivity index (χ1n) is 19.1. The third-order valence-electron chi connectivity index (χ3n) is 11.2. The number of benzene rings is 5. The largest absolute Gasteiger partial charge is 0.309 e. The lowest BCUT2D eigenvalue weighted by molar-refractivity contribution is 0.591. The van der Waals surface area contributed by atoms with Gasteiger partial charge in [0.05, 0.1) is 33.8 Å². The lowest BCUT2D eigenvalue weighted by Gasteiger charge is -2.23. The van der Waals surface area contributed by atoms with Crippen molar-refractivity contribution in [2.45, 2.75) is 26.7 Å². The number of hydrogen-bond donors (Lipinski definition) is 0. The topological polar surface area (TPSA) is 68.6 Å². The molecule has 0 amide bonds. The molecule has 9 aromatic rings. The quantitative estimate of drug-likeness (QED) is 0.0964. The molecule has 4 aromatic heterocycles. The molecule has 6 heteroatoms. The number of pyridine rings is 4. The van der Waals surface area contributed by atoms with Crippen molar-refractivity contribution in [2.75, 3.05) is 0 Å². The van der Waals surface area contributed by atoms with E-state index in [1.54, 1.807) is 0 Å². The van der Waals surface area contributed by atoms with Gasteiger partial charge in [0, 0.05) is 49.9 Å². The summed E-state index contributed by atoms with van der Waals surface area (Å²) in [6, 6.07) is 45.1. The van der Waals surface area contributed by atoms with Crippen molar-refractivity contribution < 1.29 is 4.57 Å². The molecule has 1 aliphatic rings. The van der Waals surface area contributed by atoms with E-state index in [1.807, 2.05) is 97.3 Å². The van der Waals surface area contributed by atoms with Gasteiger partial charge >= 0.3 is 0 Å². The average molecular weight is 741 g/mol. The SMILES string of the molecule is Cc1c2c(-c3ccccn3)nc3cc(-c4cccc(P(=O)(C5=CCCC=C5)c5ccccc5)c4)ccc3c2c(C)c2c(-c3ccccn3)nc3ccccc3c12. The molecule has 1 unspecified atom stereocenters. The summed E-state index contributed by atoms with van der Waals surface area (Å²) in [5.41, 5.74) is 9.39. The smallest absolute Gasteiger partial charge is 0.170 e. The summed E-state index contributed by atoms with van der Waals surface area (Å²) in [4.78, 5) is 20.4. The summed E-state index contributed by atoms with van der Waals surface area (Å²) < 4.78 is 15.4. The van der Waals surface area contributed by atoms with Crippen LogP contribution in [0.25, 0.3) is 77.3 Å². The van der Waals surface area contributed by atoms with Crippen LogP contribution in [-0.4, -0.2) is 19.9 Å². The molecule has 0 N–H and O–H groups in total. The third-order valence-corrected chi connectivity index (χ3v) is 14.3. The molecule has 5 nitrogen and oxygen atoms in total. The zero-order chi connectivity index (χ0) is 37.8. The van der Waals surface area contributed by atoms with Gasteiger partial charge in [-0.15, -0.1) is 0 Å². The molecule has 0 radical (unpaired) electrons. The Morgan fingerprint density at radius 2 is 1.12 bits per heavy atom. The van der Waals surface area contributed by atoms with E-state index in [4.69, 9.17) is 19.9 Å². The Labute approximate surface area is 325 Å². The van der Waals surface area contributed by atoms with Gasteiger partial charge in [-0.05, 0) is 102 Å². The van der Waals surface area contributed by atoms with E-state index in [-0.39, 0.29) is 0 Å². The third kappa shape index (κ3) is 5.42. The molecular weight excluding hydrogens is 704 g/mol. The Morgan fingerprint density at radius 3 is 1.79 bits per heavy atom. The molecule has 0 saturated carbocycles. The summed E-state index contributed by atoms with van der Waals surface area (Å²) >= 11 is 0. The highest BCUT2D eigenvalue weighted by Crippen LogP contribution is 2.54. The predicted molar refractivity (Wildman–Crippen MR) is 233 cm³/mol. The van der Waals surface area contributed by atoms with Crippen LogP contribution in [0.2, 0.25) is 0 Å². The van der Waals surface area contributed by atoms with E-state index in [1.165, 1.54) is 0 Å². The van der Waals surface area contributed by atoms with Gasteiger partial charge in [0.15, 0.2) is 7.14 Å². The monoisotopic (exact) mass is 740 g/mol. The second-order valence-corrected chi connectivity index (χ2v) is 17.2. The van der Waals surface area contributed by atoms with E-state index in [2.05, 4.69) is 80.6 Å². The molecule has 56 heavy (non-hydrogen) atoms. The van der Waals surface area contributed by atoms with Crippen molar-refractivity contribution in [3.8, 4) is 33.9 Å². The molecule has 0 fully saturated rings. The average Bonchev–Trinajstić information content (AvgIpc) is 3.27. The van der Waals surface area contributed by atoms with Crippen molar-refractivity contribution >= 4 is 61.1 Å². The van der Waals surface area contributed by atoms with Gasteiger partial charge in [0.1, 0.15) is 0 Å². The molecular formula is C50H37N4OP. The molecule has 1 aliphatic carbocycles. The molecule has 0 saturated heterocycles. The second-order valence-electron chi connectivity index (χ2n) is 14.5. The molecule has 5 aromatic carbocycles. The van der Waals surface area contributed by atoms with Gasteiger partial charge in [0.2, 0.25) is 0 Å². The highest BCUT2D eigenvalue weighted by atomic mass is 31.2. The van der Waals surface area contributed by atoms with E-state index in [9.17, 15) is 0 Å².